The van der Waals surface area contributed by atoms with Crippen molar-refractivity contribution in [2.45, 2.75) is 286 Å². The van der Waals surface area contributed by atoms with Gasteiger partial charge in [0.25, 0.3) is 11.8 Å². The molecule has 6 aliphatic carbocycles. The van der Waals surface area contributed by atoms with E-state index in [1.165, 1.54) is 77.5 Å². The first kappa shape index (κ1) is 95.9. The first-order chi connectivity index (χ1) is 66.1. The SMILES string of the molecule is CC[C@@H]1C(=O)N(C)c2cnc(Nc3ccc(C(=O)NC4CCC(N5CCN(C)CC5)CC4)c4c3OCC4)nc2N1C1CCCC1.CC[C@@H]1C(=O)N(C)c2cnc(Nc3ccc(C(=O)NC4CCC(N5CCN(C)CC5)CC4)c4c3OCC4)nc2N1C1CCCC1.CC[C@@H]1C(=O)N(C)c2cnc(Nc3ccc(C(=O)O)c4c3OCC4)nc2N1C1CCCC1.CN1CCN(C2CCC(N)CC2)CC1. The predicted molar refractivity (Wildman–Crippen MR) is 531 cm³/mol. The topological polar surface area (TPSA) is 353 Å². The van der Waals surface area contributed by atoms with E-state index in [1.807, 2.05) is 45.3 Å². The van der Waals surface area contributed by atoms with Crippen molar-refractivity contribution in [1.29, 1.82) is 0 Å². The lowest BCUT2D eigenvalue weighted by Gasteiger charge is -2.43. The largest absolute Gasteiger partial charge is 0.491 e. The Morgan fingerprint density at radius 3 is 0.941 bits per heavy atom. The van der Waals surface area contributed by atoms with E-state index in [0.717, 1.165) is 225 Å². The second-order valence-corrected chi connectivity index (χ2v) is 40.6. The summed E-state index contributed by atoms with van der Waals surface area (Å²) in [5.41, 5.74) is 14.5. The molecule has 9 fully saturated rings. The average Bonchev–Trinajstić information content (AvgIpc) is 1.45. The van der Waals surface area contributed by atoms with Crippen molar-refractivity contribution in [1.82, 2.24) is 69.9 Å². The second-order valence-electron chi connectivity index (χ2n) is 40.6. The van der Waals surface area contributed by atoms with Crippen LogP contribution in [0.2, 0.25) is 0 Å². The minimum Gasteiger partial charge on any atom is -0.491 e. The van der Waals surface area contributed by atoms with Gasteiger partial charge < -0.3 is 95.7 Å². The Hall–Kier alpha value is -10.4. The summed E-state index contributed by atoms with van der Waals surface area (Å²) < 4.78 is 17.9. The van der Waals surface area contributed by atoms with Crippen LogP contribution in [0.15, 0.2) is 55.0 Å². The Morgan fingerprint density at radius 2 is 0.654 bits per heavy atom. The Morgan fingerprint density at radius 1 is 0.375 bits per heavy atom. The summed E-state index contributed by atoms with van der Waals surface area (Å²) in [6.07, 6.45) is 36.5. The molecule has 3 aromatic heterocycles. The molecule has 0 radical (unpaired) electrons. The number of ether oxygens (including phenoxy) is 3. The number of nitrogens with one attached hydrogen (secondary N) is 5. The number of hydrogen-bond donors (Lipinski definition) is 7. The third kappa shape index (κ3) is 20.6. The zero-order valence-corrected chi connectivity index (χ0v) is 81.7. The fraction of sp³-hybridized carbons (Fsp3) is 0.647. The van der Waals surface area contributed by atoms with E-state index in [-0.39, 0.29) is 65.3 Å². The molecule has 136 heavy (non-hydrogen) atoms. The Kier molecular flexibility index (Phi) is 30.3. The van der Waals surface area contributed by atoms with Crippen LogP contribution in [-0.4, -0.2) is 313 Å². The van der Waals surface area contributed by atoms with Gasteiger partial charge in [0.05, 0.1) is 61.0 Å². The molecule has 0 unspecified atom stereocenters. The lowest BCUT2D eigenvalue weighted by Crippen LogP contribution is -2.55. The number of benzene rings is 3. The van der Waals surface area contributed by atoms with Crippen molar-refractivity contribution < 1.29 is 48.1 Å². The van der Waals surface area contributed by atoms with Crippen LogP contribution in [0.1, 0.15) is 242 Å². The standard InChI is InChI=1S/2C34H48N8O3.C23H27N5O4.C11H23N3/c2*1-4-28-33(44)40(3)29-21-35-34(38-31(29)42(28)24-7-5-6-8-24)37-27-14-13-26(25-15-20-45-30(25)27)32(43)36-22-9-11-23(12-10-22)41-18-16-39(2)17-19-41;1-3-17-21(29)27(2)18-12-24-23(26-20(18)28(17)13-6-4-5-7-13)25-16-9-8-15(22(30)31)14-10-11-32-19(14)16;1-13-6-8-14(9-7-13)11-4-2-10(12)3-5-11/h2*13-14,21-24,28H,4-12,15-20H2,1-3H3,(H,36,43)(H,35,37,38);8-9,12-13,17H,3-7,10-11H2,1-2H3,(H,30,31)(H,24,25,26);10-11H,2-9,12H2,1H3/t2*22?,23?,28-;17-;/m111./s1. The molecule has 734 valence electrons. The minimum absolute atomic E-state index is 0.0121. The maximum absolute atomic E-state index is 13.5. The maximum atomic E-state index is 13.5. The Labute approximate surface area is 802 Å². The summed E-state index contributed by atoms with van der Waals surface area (Å²) in [4.78, 5) is 134. The van der Waals surface area contributed by atoms with E-state index in [2.05, 4.69) is 121 Å². The van der Waals surface area contributed by atoms with E-state index in [1.54, 1.807) is 52.5 Å². The lowest BCUT2D eigenvalue weighted by atomic mass is 9.89. The number of aromatic carboxylic acids is 1. The van der Waals surface area contributed by atoms with Gasteiger partial charge in [-0.05, 0) is 192 Å². The van der Waals surface area contributed by atoms with Gasteiger partial charge in [-0.2, -0.15) is 15.0 Å². The molecule has 3 aromatic carbocycles. The van der Waals surface area contributed by atoms with Gasteiger partial charge in [0.2, 0.25) is 35.6 Å². The predicted octanol–water partition coefficient (Wildman–Crippen LogP) is 11.8. The number of nitrogens with two attached hydrogens (primary N) is 1. The highest BCUT2D eigenvalue weighted by molar-refractivity contribution is 6.07. The minimum atomic E-state index is -0.964. The van der Waals surface area contributed by atoms with Crippen molar-refractivity contribution in [3.8, 4) is 17.2 Å². The smallest absolute Gasteiger partial charge is 0.336 e. The number of likely N-dealkylation sites (N-methyl/N-ethyl adjacent to an activating group) is 6. The molecule has 3 atom stereocenters. The van der Waals surface area contributed by atoms with Crippen LogP contribution in [0, 0.1) is 0 Å². The highest BCUT2D eigenvalue weighted by atomic mass is 16.5. The number of hydrogen-bond acceptors (Lipinski definition) is 28. The Balaban J connectivity index is 0.000000128. The molecule has 3 saturated heterocycles. The van der Waals surface area contributed by atoms with Crippen LogP contribution in [-0.2, 0) is 33.6 Å². The molecule has 5 amide bonds. The molecule has 8 N–H and O–H groups in total. The van der Waals surface area contributed by atoms with Crippen LogP contribution in [0.3, 0.4) is 0 Å². The number of rotatable bonds is 20. The van der Waals surface area contributed by atoms with Gasteiger partial charge >= 0.3 is 5.97 Å². The highest BCUT2D eigenvalue weighted by Crippen LogP contribution is 2.48. The number of carbonyl (C=O) groups excluding carboxylic acids is 5. The zero-order chi connectivity index (χ0) is 94.5. The molecule has 15 aliphatic rings. The number of carbonyl (C=O) groups is 6. The maximum Gasteiger partial charge on any atom is 0.336 e. The number of aromatic nitrogens is 6. The second kappa shape index (κ2) is 42.9. The van der Waals surface area contributed by atoms with E-state index >= 15 is 0 Å². The van der Waals surface area contributed by atoms with Crippen molar-refractivity contribution in [3.05, 3.63) is 88.4 Å². The van der Waals surface area contributed by atoms with Crippen molar-refractivity contribution in [2.24, 2.45) is 5.73 Å². The molecule has 21 rings (SSSR count). The third-order valence-corrected chi connectivity index (χ3v) is 32.2. The van der Waals surface area contributed by atoms with Crippen molar-refractivity contribution in [2.75, 3.05) is 186 Å². The van der Waals surface area contributed by atoms with E-state index in [9.17, 15) is 33.9 Å². The summed E-state index contributed by atoms with van der Waals surface area (Å²) in [6, 6.07) is 14.1. The molecule has 0 bridgehead atoms. The number of amides is 5. The first-order valence-corrected chi connectivity index (χ1v) is 51.4. The number of fused-ring (bicyclic) bond motifs is 6. The molecule has 12 heterocycles. The monoisotopic (exact) mass is 1870 g/mol. The van der Waals surface area contributed by atoms with Gasteiger partial charge in [-0.1, -0.05) is 59.3 Å². The van der Waals surface area contributed by atoms with Crippen molar-refractivity contribution >= 4 is 105 Å². The van der Waals surface area contributed by atoms with Gasteiger partial charge in [0.1, 0.15) is 52.4 Å². The number of nitrogens with zero attached hydrogens (tertiary/aromatic N) is 18. The van der Waals surface area contributed by atoms with Gasteiger partial charge in [-0.15, -0.1) is 0 Å². The summed E-state index contributed by atoms with van der Waals surface area (Å²) in [7, 11) is 12.0. The molecule has 34 nitrogen and oxygen atoms in total. The highest BCUT2D eigenvalue weighted by Gasteiger charge is 2.47. The van der Waals surface area contributed by atoms with E-state index in [0.29, 0.717) is 145 Å². The summed E-state index contributed by atoms with van der Waals surface area (Å²) in [5, 5.41) is 26.1. The lowest BCUT2D eigenvalue weighted by molar-refractivity contribution is -0.120. The van der Waals surface area contributed by atoms with Crippen LogP contribution >= 0.6 is 0 Å². The fourth-order valence-corrected chi connectivity index (χ4v) is 24.2. The van der Waals surface area contributed by atoms with Gasteiger partial charge in [-0.3, -0.25) is 38.7 Å². The van der Waals surface area contributed by atoms with Crippen LogP contribution < -0.4 is 75.9 Å². The quantitative estimate of drug-likeness (QED) is 0.0373. The number of piperazine rings is 3. The fourth-order valence-electron chi connectivity index (χ4n) is 24.2. The molecule has 34 heteroatoms. The first-order valence-electron chi connectivity index (χ1n) is 51.4. The molecule has 0 spiro atoms. The molecular weight excluding hydrogens is 1720 g/mol. The Bertz CT molecular complexity index is 5000. The van der Waals surface area contributed by atoms with Crippen molar-refractivity contribution in [3.63, 3.8) is 0 Å². The molecule has 9 aliphatic heterocycles. The normalized spacial score (nSPS) is 25.8. The van der Waals surface area contributed by atoms with Crippen LogP contribution in [0.25, 0.3) is 0 Å². The summed E-state index contributed by atoms with van der Waals surface area (Å²) in [6.45, 7) is 21.9. The van der Waals surface area contributed by atoms with E-state index in [4.69, 9.17) is 34.9 Å². The zero-order valence-electron chi connectivity index (χ0n) is 81.7. The van der Waals surface area contributed by atoms with Crippen LogP contribution in [0.5, 0.6) is 17.2 Å². The molecular formula is C102H146N24O10. The number of carboxylic acid groups (broad SMARTS) is 1. The summed E-state index contributed by atoms with van der Waals surface area (Å²) in [5.74, 6) is 4.93. The number of anilines is 12. The third-order valence-electron chi connectivity index (χ3n) is 32.2. The molecule has 6 saturated carbocycles. The van der Waals surface area contributed by atoms with Gasteiger partial charge in [0.15, 0.2) is 17.5 Å². The average molecular weight is 1870 g/mol. The van der Waals surface area contributed by atoms with Crippen LogP contribution in [0.4, 0.5) is 69.4 Å². The summed E-state index contributed by atoms with van der Waals surface area (Å²) >= 11 is 0. The molecule has 6 aromatic rings. The van der Waals surface area contributed by atoms with Gasteiger partial charge in [-0.25, -0.2) is 19.7 Å². The van der Waals surface area contributed by atoms with Gasteiger partial charge in [0, 0.05) is 201 Å². The van der Waals surface area contributed by atoms with E-state index < -0.39 is 5.97 Å². The number of carboxylic acids is 1.